The van der Waals surface area contributed by atoms with Crippen LogP contribution in [0.25, 0.3) is 0 Å². The van der Waals surface area contributed by atoms with Gasteiger partial charge in [-0.25, -0.2) is 4.79 Å². The minimum absolute atomic E-state index is 0.0879. The lowest BCUT2D eigenvalue weighted by Crippen LogP contribution is -2.48. The topological polar surface area (TPSA) is 71.0 Å². The van der Waals surface area contributed by atoms with Gasteiger partial charge in [0.25, 0.3) is 0 Å². The summed E-state index contributed by atoms with van der Waals surface area (Å²) in [6.07, 6.45) is 0.912. The molecular formula is C22H26N2O4. The molecule has 2 atom stereocenters. The number of ether oxygens (including phenoxy) is 2. The van der Waals surface area contributed by atoms with Crippen LogP contribution in [0.15, 0.2) is 54.6 Å². The molecule has 2 heterocycles. The average molecular weight is 382 g/mol. The fraction of sp³-hybridized carbons (Fsp3) is 0.409. The first-order chi connectivity index (χ1) is 13.7. The van der Waals surface area contributed by atoms with Crippen molar-refractivity contribution in [1.82, 2.24) is 10.2 Å². The lowest BCUT2D eigenvalue weighted by Gasteiger charge is -2.35. The van der Waals surface area contributed by atoms with E-state index in [1.807, 2.05) is 59.5 Å². The van der Waals surface area contributed by atoms with E-state index in [0.717, 1.165) is 24.2 Å². The van der Waals surface area contributed by atoms with Crippen LogP contribution in [0.2, 0.25) is 0 Å². The molecule has 0 saturated carbocycles. The number of urea groups is 1. The molecule has 1 saturated heterocycles. The van der Waals surface area contributed by atoms with Crippen LogP contribution in [-0.4, -0.2) is 48.4 Å². The molecule has 0 spiro atoms. The van der Waals surface area contributed by atoms with Crippen molar-refractivity contribution in [1.29, 1.82) is 0 Å². The Bertz CT molecular complexity index is 790. The van der Waals surface area contributed by atoms with E-state index < -0.39 is 6.10 Å². The molecule has 2 aliphatic heterocycles. The number of nitrogens with one attached hydrogen (secondary N) is 1. The lowest BCUT2D eigenvalue weighted by molar-refractivity contribution is 0.0642. The van der Waals surface area contributed by atoms with Crippen LogP contribution >= 0.6 is 0 Å². The quantitative estimate of drug-likeness (QED) is 0.853. The number of benzene rings is 2. The fourth-order valence-electron chi connectivity index (χ4n) is 3.82. The summed E-state index contributed by atoms with van der Waals surface area (Å²) in [4.78, 5) is 14.3. The predicted molar refractivity (Wildman–Crippen MR) is 105 cm³/mol. The van der Waals surface area contributed by atoms with Gasteiger partial charge in [-0.15, -0.1) is 0 Å². The van der Waals surface area contributed by atoms with Crippen molar-refractivity contribution in [2.45, 2.75) is 25.0 Å². The van der Waals surface area contributed by atoms with Crippen molar-refractivity contribution in [3.8, 4) is 11.5 Å². The molecule has 0 radical (unpaired) electrons. The first-order valence-electron chi connectivity index (χ1n) is 9.85. The second-order valence-corrected chi connectivity index (χ2v) is 7.36. The highest BCUT2D eigenvalue weighted by Gasteiger charge is 2.29. The van der Waals surface area contributed by atoms with Crippen molar-refractivity contribution >= 4 is 6.03 Å². The molecule has 6 nitrogen and oxygen atoms in total. The number of piperidine rings is 1. The number of likely N-dealkylation sites (tertiary alicyclic amines) is 1. The molecule has 148 valence electrons. The van der Waals surface area contributed by atoms with Gasteiger partial charge < -0.3 is 24.8 Å². The summed E-state index contributed by atoms with van der Waals surface area (Å²) in [5, 5.41) is 13.5. The van der Waals surface area contributed by atoms with E-state index in [4.69, 9.17) is 9.47 Å². The van der Waals surface area contributed by atoms with Crippen molar-refractivity contribution in [2.24, 2.45) is 5.92 Å². The Balaban J connectivity index is 1.23. The highest BCUT2D eigenvalue weighted by atomic mass is 16.6. The predicted octanol–water partition coefficient (Wildman–Crippen LogP) is 2.98. The number of rotatable bonds is 4. The highest BCUT2D eigenvalue weighted by molar-refractivity contribution is 5.74. The molecule has 2 aromatic carbocycles. The van der Waals surface area contributed by atoms with Crippen molar-refractivity contribution in [3.05, 3.63) is 60.2 Å². The molecule has 4 rings (SSSR count). The molecule has 2 amide bonds. The number of nitrogens with zero attached hydrogens (tertiary/aromatic N) is 1. The smallest absolute Gasteiger partial charge is 0.317 e. The largest absolute Gasteiger partial charge is 0.486 e. The van der Waals surface area contributed by atoms with Gasteiger partial charge in [0.2, 0.25) is 0 Å². The molecule has 0 unspecified atom stereocenters. The van der Waals surface area contributed by atoms with E-state index in [-0.39, 0.29) is 18.1 Å². The summed E-state index contributed by atoms with van der Waals surface area (Å²) >= 11 is 0. The summed E-state index contributed by atoms with van der Waals surface area (Å²) in [5.74, 6) is 1.63. The van der Waals surface area contributed by atoms with Crippen molar-refractivity contribution in [3.63, 3.8) is 0 Å². The average Bonchev–Trinajstić information content (AvgIpc) is 2.77. The Hall–Kier alpha value is -2.73. The number of fused-ring (bicyclic) bond motifs is 1. The molecule has 6 heteroatoms. The van der Waals surface area contributed by atoms with Crippen LogP contribution in [0, 0.1) is 5.92 Å². The SMILES string of the molecule is O=C(NC[C@@H]1COc2ccccc2O1)N1CCC([C@H](O)c2ccccc2)CC1. The molecule has 28 heavy (non-hydrogen) atoms. The highest BCUT2D eigenvalue weighted by Crippen LogP contribution is 2.31. The van der Waals surface area contributed by atoms with Gasteiger partial charge in [0.05, 0.1) is 12.6 Å². The van der Waals surface area contributed by atoms with Crippen molar-refractivity contribution in [2.75, 3.05) is 26.2 Å². The van der Waals surface area contributed by atoms with Gasteiger partial charge >= 0.3 is 6.03 Å². The van der Waals surface area contributed by atoms with E-state index >= 15 is 0 Å². The maximum atomic E-state index is 12.5. The molecule has 2 N–H and O–H groups in total. The molecular weight excluding hydrogens is 356 g/mol. The second kappa shape index (κ2) is 8.52. The minimum Gasteiger partial charge on any atom is -0.486 e. The summed E-state index contributed by atoms with van der Waals surface area (Å²) < 4.78 is 11.6. The van der Waals surface area contributed by atoms with E-state index in [1.54, 1.807) is 0 Å². The van der Waals surface area contributed by atoms with Gasteiger partial charge in [0, 0.05) is 13.1 Å². The minimum atomic E-state index is -0.473. The maximum absolute atomic E-state index is 12.5. The number of hydrogen-bond donors (Lipinski definition) is 2. The first-order valence-corrected chi connectivity index (χ1v) is 9.85. The number of carbonyl (C=O) groups is 1. The third-order valence-electron chi connectivity index (χ3n) is 5.46. The molecule has 2 aromatic rings. The van der Waals surface area contributed by atoms with E-state index in [1.165, 1.54) is 0 Å². The molecule has 1 fully saturated rings. The van der Waals surface area contributed by atoms with Gasteiger partial charge in [0.1, 0.15) is 6.61 Å². The third-order valence-corrected chi connectivity index (χ3v) is 5.46. The van der Waals surface area contributed by atoms with Crippen LogP contribution in [0.5, 0.6) is 11.5 Å². The number of hydrogen-bond acceptors (Lipinski definition) is 4. The van der Waals surface area contributed by atoms with Crippen LogP contribution in [0.4, 0.5) is 4.79 Å². The van der Waals surface area contributed by atoms with Gasteiger partial charge in [-0.2, -0.15) is 0 Å². The fourth-order valence-corrected chi connectivity index (χ4v) is 3.82. The third kappa shape index (κ3) is 4.22. The van der Waals surface area contributed by atoms with Gasteiger partial charge in [-0.1, -0.05) is 42.5 Å². The zero-order chi connectivity index (χ0) is 19.3. The molecule has 0 aromatic heterocycles. The number of carbonyl (C=O) groups excluding carboxylic acids is 1. The summed E-state index contributed by atoms with van der Waals surface area (Å²) in [6.45, 7) is 2.11. The van der Waals surface area contributed by atoms with Gasteiger partial charge in [-0.3, -0.25) is 0 Å². The number of aliphatic hydroxyl groups is 1. The lowest BCUT2D eigenvalue weighted by atomic mass is 9.87. The standard InChI is InChI=1S/C22H26N2O4/c25-21(16-6-2-1-3-7-16)17-10-12-24(13-11-17)22(26)23-14-18-15-27-19-8-4-5-9-20(19)28-18/h1-9,17-18,21,25H,10-15H2,(H,23,26)/t18-,21-/m1/s1. The van der Waals surface area contributed by atoms with E-state index in [0.29, 0.717) is 32.0 Å². The monoisotopic (exact) mass is 382 g/mol. The summed E-state index contributed by atoms with van der Waals surface area (Å²) in [5.41, 5.74) is 0.945. The number of aliphatic hydroxyl groups excluding tert-OH is 1. The first kappa shape index (κ1) is 18.6. The summed E-state index contributed by atoms with van der Waals surface area (Å²) in [6, 6.07) is 17.2. The molecule has 0 aliphatic carbocycles. The van der Waals surface area contributed by atoms with Crippen molar-refractivity contribution < 1.29 is 19.4 Å². The van der Waals surface area contributed by atoms with Gasteiger partial charge in [0.15, 0.2) is 17.6 Å². The number of amides is 2. The normalized spacial score (nSPS) is 20.5. The summed E-state index contributed by atoms with van der Waals surface area (Å²) in [7, 11) is 0. The van der Waals surface area contributed by atoms with Crippen LogP contribution < -0.4 is 14.8 Å². The molecule has 2 aliphatic rings. The number of para-hydroxylation sites is 2. The Morgan fingerprint density at radius 3 is 2.50 bits per heavy atom. The van der Waals surface area contributed by atoms with Gasteiger partial charge in [-0.05, 0) is 36.5 Å². The molecule has 0 bridgehead atoms. The maximum Gasteiger partial charge on any atom is 0.317 e. The Morgan fingerprint density at radius 1 is 1.07 bits per heavy atom. The zero-order valence-corrected chi connectivity index (χ0v) is 15.8. The van der Waals surface area contributed by atoms with E-state index in [2.05, 4.69) is 5.32 Å². The Kier molecular flexibility index (Phi) is 5.67. The Morgan fingerprint density at radius 2 is 1.75 bits per heavy atom. The van der Waals surface area contributed by atoms with Crippen LogP contribution in [-0.2, 0) is 0 Å². The van der Waals surface area contributed by atoms with Crippen LogP contribution in [0.1, 0.15) is 24.5 Å². The zero-order valence-electron chi connectivity index (χ0n) is 15.8. The Labute approximate surface area is 165 Å². The van der Waals surface area contributed by atoms with Crippen LogP contribution in [0.3, 0.4) is 0 Å². The second-order valence-electron chi connectivity index (χ2n) is 7.36. The van der Waals surface area contributed by atoms with E-state index in [9.17, 15) is 9.90 Å².